The van der Waals surface area contributed by atoms with Crippen LogP contribution < -0.4 is 0 Å². The second-order valence-electron chi connectivity index (χ2n) is 6.23. The highest BCUT2D eigenvalue weighted by molar-refractivity contribution is 7.99. The molecule has 4 rings (SSSR count). The summed E-state index contributed by atoms with van der Waals surface area (Å²) in [5, 5.41) is 10.1. The van der Waals surface area contributed by atoms with Crippen LogP contribution in [-0.4, -0.2) is 31.3 Å². The van der Waals surface area contributed by atoms with Gasteiger partial charge in [0, 0.05) is 16.8 Å². The van der Waals surface area contributed by atoms with Gasteiger partial charge >= 0.3 is 0 Å². The zero-order valence-corrected chi connectivity index (χ0v) is 16.7. The molecule has 2 heterocycles. The number of halogens is 1. The third-order valence-corrected chi connectivity index (χ3v) is 5.50. The topological polar surface area (TPSA) is 63.6 Å². The third kappa shape index (κ3) is 3.74. The maximum atomic E-state index is 12.4. The molecular weight excluding hydrogens is 392 g/mol. The van der Waals surface area contributed by atoms with E-state index < -0.39 is 0 Å². The van der Waals surface area contributed by atoms with Gasteiger partial charge in [0.25, 0.3) is 0 Å². The molecule has 0 amide bonds. The zero-order chi connectivity index (χ0) is 19.5. The number of para-hydroxylation sites is 1. The fourth-order valence-corrected chi connectivity index (χ4v) is 3.85. The number of hydrogen-bond acceptors (Lipinski definition) is 4. The van der Waals surface area contributed by atoms with Crippen molar-refractivity contribution in [2.75, 3.05) is 5.75 Å². The van der Waals surface area contributed by atoms with Gasteiger partial charge in [0.15, 0.2) is 16.8 Å². The lowest BCUT2D eigenvalue weighted by Gasteiger charge is -2.12. The lowest BCUT2D eigenvalue weighted by Crippen LogP contribution is -2.06. The van der Waals surface area contributed by atoms with E-state index in [1.807, 2.05) is 66.1 Å². The molecule has 0 unspecified atom stereocenters. The Balaban J connectivity index is 1.73. The van der Waals surface area contributed by atoms with E-state index >= 15 is 0 Å². The number of H-pyrrole nitrogens is 1. The average Bonchev–Trinajstić information content (AvgIpc) is 3.37. The first kappa shape index (κ1) is 18.5. The van der Waals surface area contributed by atoms with Gasteiger partial charge in [-0.25, -0.2) is 0 Å². The monoisotopic (exact) mass is 408 g/mol. The maximum Gasteiger partial charge on any atom is 0.196 e. The van der Waals surface area contributed by atoms with Crippen LogP contribution in [0.25, 0.3) is 17.1 Å². The summed E-state index contributed by atoms with van der Waals surface area (Å²) in [6.07, 6.45) is 1.74. The number of aromatic amines is 1. The highest BCUT2D eigenvalue weighted by Gasteiger charge is 2.19. The fraction of sp³-hybridized carbons (Fsp3) is 0.0952. The molecule has 0 radical (unpaired) electrons. The van der Waals surface area contributed by atoms with Crippen molar-refractivity contribution in [2.45, 2.75) is 12.1 Å². The SMILES string of the molecule is Cc1ccccc1-n1c(SCC(=O)c2ccc[nH]2)nnc1-c1ccc(Cl)cc1. The van der Waals surface area contributed by atoms with Crippen molar-refractivity contribution in [3.05, 3.63) is 83.1 Å². The number of Topliss-reactive ketones (excluding diaryl/α,β-unsaturated/α-hetero) is 1. The van der Waals surface area contributed by atoms with Crippen LogP contribution in [0.3, 0.4) is 0 Å². The molecule has 1 N–H and O–H groups in total. The molecule has 7 heteroatoms. The summed E-state index contributed by atoms with van der Waals surface area (Å²) in [5.74, 6) is 0.994. The molecule has 140 valence electrons. The number of nitrogens with zero attached hydrogens (tertiary/aromatic N) is 3. The van der Waals surface area contributed by atoms with Crippen molar-refractivity contribution in [1.82, 2.24) is 19.7 Å². The first-order chi connectivity index (χ1) is 13.6. The minimum absolute atomic E-state index is 0.0161. The van der Waals surface area contributed by atoms with E-state index in [-0.39, 0.29) is 11.5 Å². The van der Waals surface area contributed by atoms with Gasteiger partial charge in [-0.05, 0) is 55.0 Å². The molecule has 0 aliphatic carbocycles. The van der Waals surface area contributed by atoms with Crippen molar-refractivity contribution in [2.24, 2.45) is 0 Å². The van der Waals surface area contributed by atoms with Crippen molar-refractivity contribution in [3.8, 4) is 17.1 Å². The summed E-state index contributed by atoms with van der Waals surface area (Å²) in [6.45, 7) is 2.04. The minimum atomic E-state index is 0.0161. The van der Waals surface area contributed by atoms with Crippen molar-refractivity contribution in [3.63, 3.8) is 0 Å². The number of aryl methyl sites for hydroxylation is 1. The molecule has 0 saturated carbocycles. The summed E-state index contributed by atoms with van der Waals surface area (Å²) in [6, 6.07) is 19.1. The standard InChI is InChI=1S/C21H17ClN4OS/c1-14-5-2-3-7-18(14)26-20(15-8-10-16(22)11-9-15)24-25-21(26)28-13-19(27)17-6-4-12-23-17/h2-12,23H,13H2,1H3. The van der Waals surface area contributed by atoms with Crippen LogP contribution in [0.5, 0.6) is 0 Å². The number of nitrogens with one attached hydrogen (secondary N) is 1. The Labute approximate surface area is 171 Å². The first-order valence-electron chi connectivity index (χ1n) is 8.70. The van der Waals surface area contributed by atoms with Crippen LogP contribution >= 0.6 is 23.4 Å². The number of carbonyl (C=O) groups is 1. The summed E-state index contributed by atoms with van der Waals surface area (Å²) in [5.41, 5.74) is 3.57. The largest absolute Gasteiger partial charge is 0.359 e. The molecule has 0 aliphatic rings. The Kier molecular flexibility index (Phi) is 5.32. The number of carbonyl (C=O) groups excluding carboxylic acids is 1. The molecule has 4 aromatic rings. The minimum Gasteiger partial charge on any atom is -0.359 e. The average molecular weight is 409 g/mol. The number of benzene rings is 2. The Morgan fingerprint density at radius 2 is 1.86 bits per heavy atom. The van der Waals surface area contributed by atoms with Crippen LogP contribution in [0.2, 0.25) is 5.02 Å². The Morgan fingerprint density at radius 3 is 2.57 bits per heavy atom. The molecule has 0 atom stereocenters. The van der Waals surface area contributed by atoms with Gasteiger partial charge in [-0.2, -0.15) is 0 Å². The lowest BCUT2D eigenvalue weighted by molar-refractivity contribution is 0.101. The molecule has 28 heavy (non-hydrogen) atoms. The zero-order valence-electron chi connectivity index (χ0n) is 15.1. The van der Waals surface area contributed by atoms with Crippen molar-refractivity contribution >= 4 is 29.1 Å². The molecule has 0 saturated heterocycles. The van der Waals surface area contributed by atoms with Crippen LogP contribution in [0.15, 0.2) is 72.0 Å². The predicted molar refractivity (Wildman–Crippen MR) is 112 cm³/mol. The van der Waals surface area contributed by atoms with Gasteiger partial charge < -0.3 is 4.98 Å². The van der Waals surface area contributed by atoms with Crippen LogP contribution in [0.1, 0.15) is 16.1 Å². The molecule has 0 aliphatic heterocycles. The molecule has 0 fully saturated rings. The highest BCUT2D eigenvalue weighted by atomic mass is 35.5. The normalized spacial score (nSPS) is 10.9. The quantitative estimate of drug-likeness (QED) is 0.352. The van der Waals surface area contributed by atoms with Crippen molar-refractivity contribution < 1.29 is 4.79 Å². The van der Waals surface area contributed by atoms with Crippen molar-refractivity contribution in [1.29, 1.82) is 0 Å². The maximum absolute atomic E-state index is 12.4. The highest BCUT2D eigenvalue weighted by Crippen LogP contribution is 2.30. The number of hydrogen-bond donors (Lipinski definition) is 1. The van der Waals surface area contributed by atoms with E-state index in [9.17, 15) is 4.79 Å². The van der Waals surface area contributed by atoms with Crippen LogP contribution in [0, 0.1) is 6.92 Å². The van der Waals surface area contributed by atoms with Crippen LogP contribution in [-0.2, 0) is 0 Å². The molecule has 2 aromatic carbocycles. The predicted octanol–water partition coefficient (Wildman–Crippen LogP) is 5.20. The van der Waals surface area contributed by atoms with E-state index in [0.717, 1.165) is 16.8 Å². The van der Waals surface area contributed by atoms with E-state index in [1.54, 1.807) is 12.3 Å². The van der Waals surface area contributed by atoms with E-state index in [1.165, 1.54) is 11.8 Å². The Hall–Kier alpha value is -2.83. The van der Waals surface area contributed by atoms with Gasteiger partial charge in [-0.15, -0.1) is 10.2 Å². The summed E-state index contributed by atoms with van der Waals surface area (Å²) in [7, 11) is 0. The molecule has 0 bridgehead atoms. The second-order valence-corrected chi connectivity index (χ2v) is 7.61. The molecule has 0 spiro atoms. The Morgan fingerprint density at radius 1 is 1.07 bits per heavy atom. The summed E-state index contributed by atoms with van der Waals surface area (Å²) in [4.78, 5) is 15.3. The van der Waals surface area contributed by atoms with Crippen LogP contribution in [0.4, 0.5) is 0 Å². The molecule has 5 nitrogen and oxygen atoms in total. The number of thioether (sulfide) groups is 1. The van der Waals surface area contributed by atoms with E-state index in [4.69, 9.17) is 11.6 Å². The number of ketones is 1. The summed E-state index contributed by atoms with van der Waals surface area (Å²) < 4.78 is 1.99. The number of rotatable bonds is 6. The van der Waals surface area contributed by atoms with Gasteiger partial charge in [0.2, 0.25) is 0 Å². The molecule has 2 aromatic heterocycles. The smallest absolute Gasteiger partial charge is 0.196 e. The molecular formula is C21H17ClN4OS. The van der Waals surface area contributed by atoms with Gasteiger partial charge in [0.1, 0.15) is 0 Å². The second kappa shape index (κ2) is 8.04. The Bertz CT molecular complexity index is 1100. The number of aromatic nitrogens is 4. The van der Waals surface area contributed by atoms with Gasteiger partial charge in [-0.1, -0.05) is 41.6 Å². The van der Waals surface area contributed by atoms with E-state index in [0.29, 0.717) is 21.7 Å². The third-order valence-electron chi connectivity index (χ3n) is 4.32. The lowest BCUT2D eigenvalue weighted by atomic mass is 10.1. The first-order valence-corrected chi connectivity index (χ1v) is 10.1. The van der Waals surface area contributed by atoms with Gasteiger partial charge in [-0.3, -0.25) is 9.36 Å². The summed E-state index contributed by atoms with van der Waals surface area (Å²) >= 11 is 7.40. The fourth-order valence-electron chi connectivity index (χ4n) is 2.89. The van der Waals surface area contributed by atoms with E-state index in [2.05, 4.69) is 15.2 Å². The van der Waals surface area contributed by atoms with Gasteiger partial charge in [0.05, 0.1) is 17.1 Å².